The van der Waals surface area contributed by atoms with Gasteiger partial charge in [0.25, 0.3) is 0 Å². The molecule has 0 radical (unpaired) electrons. The minimum atomic E-state index is 0.0712. The molecule has 2 N–H and O–H groups in total. The number of nitrogens with one attached hydrogen (secondary N) is 2. The van der Waals surface area contributed by atoms with Gasteiger partial charge in [0.15, 0.2) is 0 Å². The molecule has 4 heteroatoms. The molecule has 4 nitrogen and oxygen atoms in total. The van der Waals surface area contributed by atoms with Crippen molar-refractivity contribution in [3.63, 3.8) is 0 Å². The molecule has 1 aromatic heterocycles. The van der Waals surface area contributed by atoms with Gasteiger partial charge in [-0.2, -0.15) is 0 Å². The van der Waals surface area contributed by atoms with E-state index < -0.39 is 0 Å². The molecule has 1 aromatic carbocycles. The number of likely N-dealkylation sites (N-methyl/N-ethyl adjacent to an activating group) is 1. The summed E-state index contributed by atoms with van der Waals surface area (Å²) >= 11 is 0. The summed E-state index contributed by atoms with van der Waals surface area (Å²) in [6.07, 6.45) is 6.08. The van der Waals surface area contributed by atoms with Crippen molar-refractivity contribution in [3.8, 4) is 0 Å². The lowest BCUT2D eigenvalue weighted by Gasteiger charge is -2.08. The highest BCUT2D eigenvalue weighted by Crippen LogP contribution is 2.21. The fourth-order valence-corrected chi connectivity index (χ4v) is 2.46. The van der Waals surface area contributed by atoms with E-state index in [2.05, 4.69) is 60.3 Å². The van der Waals surface area contributed by atoms with Crippen LogP contribution in [0.5, 0.6) is 0 Å². The maximum atomic E-state index is 11.7. The third-order valence-corrected chi connectivity index (χ3v) is 3.74. The van der Waals surface area contributed by atoms with Gasteiger partial charge in [0.05, 0.1) is 0 Å². The zero-order chi connectivity index (χ0) is 15.9. The number of amides is 1. The average Bonchev–Trinajstić information content (AvgIpc) is 2.91. The molecule has 2 rings (SSSR count). The predicted octanol–water partition coefficient (Wildman–Crippen LogP) is 2.51. The van der Waals surface area contributed by atoms with E-state index >= 15 is 0 Å². The molecule has 118 valence electrons. The van der Waals surface area contributed by atoms with E-state index in [-0.39, 0.29) is 5.91 Å². The van der Waals surface area contributed by atoms with Crippen LogP contribution in [0.1, 0.15) is 17.5 Å². The first-order valence-corrected chi connectivity index (χ1v) is 7.71. The Bertz CT molecular complexity index is 643. The Balaban J connectivity index is 2.03. The lowest BCUT2D eigenvalue weighted by molar-refractivity contribution is -0.120. The van der Waals surface area contributed by atoms with Crippen molar-refractivity contribution in [2.45, 2.75) is 19.3 Å². The minimum absolute atomic E-state index is 0.0712. The molecule has 0 bridgehead atoms. The SMILES string of the molecule is C=CCNC(=O)CCc1ccc2[nH]cc(CCN(C)C)c2c1. The van der Waals surface area contributed by atoms with Gasteiger partial charge >= 0.3 is 0 Å². The molecule has 2 aromatic rings. The highest BCUT2D eigenvalue weighted by Gasteiger charge is 2.07. The zero-order valence-corrected chi connectivity index (χ0v) is 13.5. The Hall–Kier alpha value is -2.07. The summed E-state index contributed by atoms with van der Waals surface area (Å²) in [6.45, 7) is 5.16. The van der Waals surface area contributed by atoms with Crippen LogP contribution in [0, 0.1) is 0 Å². The maximum Gasteiger partial charge on any atom is 0.220 e. The van der Waals surface area contributed by atoms with Crippen LogP contribution >= 0.6 is 0 Å². The van der Waals surface area contributed by atoms with Crippen LogP contribution in [0.4, 0.5) is 0 Å². The van der Waals surface area contributed by atoms with Crippen LogP contribution in [-0.2, 0) is 17.6 Å². The number of nitrogens with zero attached hydrogens (tertiary/aromatic N) is 1. The number of hydrogen-bond donors (Lipinski definition) is 2. The third kappa shape index (κ3) is 4.46. The summed E-state index contributed by atoms with van der Waals surface area (Å²) < 4.78 is 0. The van der Waals surface area contributed by atoms with Crippen LogP contribution in [0.3, 0.4) is 0 Å². The van der Waals surface area contributed by atoms with Gasteiger partial charge in [0, 0.05) is 36.6 Å². The van der Waals surface area contributed by atoms with E-state index in [1.54, 1.807) is 6.08 Å². The molecule has 0 fully saturated rings. The van der Waals surface area contributed by atoms with Gasteiger partial charge in [-0.3, -0.25) is 4.79 Å². The molecular formula is C18H25N3O. The first-order valence-electron chi connectivity index (χ1n) is 7.71. The number of H-pyrrole nitrogens is 1. The van der Waals surface area contributed by atoms with E-state index in [1.165, 1.54) is 16.5 Å². The lowest BCUT2D eigenvalue weighted by Crippen LogP contribution is -2.23. The molecular weight excluding hydrogens is 274 g/mol. The third-order valence-electron chi connectivity index (χ3n) is 3.74. The molecule has 22 heavy (non-hydrogen) atoms. The summed E-state index contributed by atoms with van der Waals surface area (Å²) in [5, 5.41) is 4.08. The van der Waals surface area contributed by atoms with Gasteiger partial charge in [-0.05, 0) is 50.2 Å². The monoisotopic (exact) mass is 299 g/mol. The smallest absolute Gasteiger partial charge is 0.220 e. The van der Waals surface area contributed by atoms with E-state index in [9.17, 15) is 4.79 Å². The lowest BCUT2D eigenvalue weighted by atomic mass is 10.0. The Morgan fingerprint density at radius 3 is 2.91 bits per heavy atom. The standard InChI is InChI=1S/C18H25N3O/c1-4-10-19-18(22)8-6-14-5-7-17-16(12-14)15(13-20-17)9-11-21(2)3/h4-5,7,12-13,20H,1,6,8-11H2,2-3H3,(H,19,22). The zero-order valence-electron chi connectivity index (χ0n) is 13.5. The van der Waals surface area contributed by atoms with Gasteiger partial charge < -0.3 is 15.2 Å². The number of aromatic amines is 1. The number of carbonyl (C=O) groups excluding carboxylic acids is 1. The number of rotatable bonds is 8. The van der Waals surface area contributed by atoms with E-state index in [0.717, 1.165) is 24.9 Å². The Kier molecular flexibility index (Phi) is 5.78. The largest absolute Gasteiger partial charge is 0.361 e. The fraction of sp³-hybridized carbons (Fsp3) is 0.389. The first kappa shape index (κ1) is 16.3. The number of fused-ring (bicyclic) bond motifs is 1. The van der Waals surface area contributed by atoms with Crippen LogP contribution in [0.15, 0.2) is 37.1 Å². The average molecular weight is 299 g/mol. The maximum absolute atomic E-state index is 11.7. The van der Waals surface area contributed by atoms with Crippen LogP contribution < -0.4 is 5.32 Å². The van der Waals surface area contributed by atoms with Crippen LogP contribution in [0.25, 0.3) is 10.9 Å². The molecule has 0 aliphatic rings. The van der Waals surface area contributed by atoms with E-state index in [1.807, 2.05) is 0 Å². The second kappa shape index (κ2) is 7.80. The van der Waals surface area contributed by atoms with Crippen LogP contribution in [0.2, 0.25) is 0 Å². The molecule has 0 unspecified atom stereocenters. The number of benzene rings is 1. The van der Waals surface area contributed by atoms with Gasteiger partial charge in [-0.25, -0.2) is 0 Å². The molecule has 0 saturated heterocycles. The Labute approximate surface area is 132 Å². The van der Waals surface area contributed by atoms with Gasteiger partial charge in [0.2, 0.25) is 5.91 Å². The van der Waals surface area contributed by atoms with Crippen molar-refractivity contribution in [3.05, 3.63) is 48.2 Å². The predicted molar refractivity (Wildman–Crippen MR) is 92.1 cm³/mol. The minimum Gasteiger partial charge on any atom is -0.361 e. The summed E-state index contributed by atoms with van der Waals surface area (Å²) in [4.78, 5) is 17.2. The van der Waals surface area contributed by atoms with Gasteiger partial charge in [-0.1, -0.05) is 12.1 Å². The summed E-state index contributed by atoms with van der Waals surface area (Å²) in [5.41, 5.74) is 3.70. The molecule has 0 saturated carbocycles. The Morgan fingerprint density at radius 1 is 1.36 bits per heavy atom. The second-order valence-electron chi connectivity index (χ2n) is 5.84. The highest BCUT2D eigenvalue weighted by molar-refractivity contribution is 5.84. The second-order valence-corrected chi connectivity index (χ2v) is 5.84. The Morgan fingerprint density at radius 2 is 2.18 bits per heavy atom. The van der Waals surface area contributed by atoms with Crippen LogP contribution in [-0.4, -0.2) is 43.0 Å². The number of aryl methyl sites for hydroxylation is 1. The van der Waals surface area contributed by atoms with E-state index in [4.69, 9.17) is 0 Å². The topological polar surface area (TPSA) is 48.1 Å². The quantitative estimate of drug-likeness (QED) is 0.736. The summed E-state index contributed by atoms with van der Waals surface area (Å²) in [5.74, 6) is 0.0712. The number of hydrogen-bond acceptors (Lipinski definition) is 2. The molecule has 1 amide bonds. The van der Waals surface area contributed by atoms with Gasteiger partial charge in [-0.15, -0.1) is 6.58 Å². The fourth-order valence-electron chi connectivity index (χ4n) is 2.46. The summed E-state index contributed by atoms with van der Waals surface area (Å²) in [7, 11) is 4.17. The van der Waals surface area contributed by atoms with Crippen molar-refractivity contribution in [2.24, 2.45) is 0 Å². The van der Waals surface area contributed by atoms with Crippen molar-refractivity contribution < 1.29 is 4.79 Å². The molecule has 0 spiro atoms. The van der Waals surface area contributed by atoms with Crippen molar-refractivity contribution in [2.75, 3.05) is 27.2 Å². The molecule has 0 atom stereocenters. The summed E-state index contributed by atoms with van der Waals surface area (Å²) in [6, 6.07) is 6.40. The molecule has 0 aliphatic carbocycles. The van der Waals surface area contributed by atoms with Crippen molar-refractivity contribution in [1.82, 2.24) is 15.2 Å². The molecule has 1 heterocycles. The van der Waals surface area contributed by atoms with Gasteiger partial charge in [0.1, 0.15) is 0 Å². The highest BCUT2D eigenvalue weighted by atomic mass is 16.1. The van der Waals surface area contributed by atoms with Crippen molar-refractivity contribution >= 4 is 16.8 Å². The number of carbonyl (C=O) groups is 1. The normalized spacial score (nSPS) is 11.0. The first-order chi connectivity index (χ1) is 10.6. The number of aromatic nitrogens is 1. The van der Waals surface area contributed by atoms with Crippen molar-refractivity contribution in [1.29, 1.82) is 0 Å². The molecule has 0 aliphatic heterocycles. The van der Waals surface area contributed by atoms with E-state index in [0.29, 0.717) is 13.0 Å².